The van der Waals surface area contributed by atoms with Gasteiger partial charge in [-0.25, -0.2) is 8.42 Å². The Morgan fingerprint density at radius 1 is 0.634 bits per heavy atom. The molecular formula is C28H33F9O3S. The Balaban J connectivity index is 1.93. The summed E-state index contributed by atoms with van der Waals surface area (Å²) in [5, 5.41) is 0. The second kappa shape index (κ2) is 14.2. The quantitative estimate of drug-likeness (QED) is 0.131. The lowest BCUT2D eigenvalue weighted by Gasteiger charge is -2.33. The standard InChI is InChI=1S/C28H33F9O3S/c1-2-3-4-5-6-7-8-9-19-40-23-14-10-21(11-15-23)22-12-16-24(17-13-22)41(38,39)20-18-25(29,30)26(31,32)27(33,34)28(35,36)37/h10-17H,2-9,18-20H2,1H3. The Labute approximate surface area is 234 Å². The molecule has 0 spiro atoms. The van der Waals surface area contributed by atoms with Crippen LogP contribution in [0.1, 0.15) is 64.7 Å². The van der Waals surface area contributed by atoms with Crippen LogP contribution >= 0.6 is 0 Å². The summed E-state index contributed by atoms with van der Waals surface area (Å²) >= 11 is 0. The maximum Gasteiger partial charge on any atom is 0.460 e. The number of rotatable bonds is 17. The zero-order valence-electron chi connectivity index (χ0n) is 22.4. The van der Waals surface area contributed by atoms with Gasteiger partial charge in [-0.15, -0.1) is 0 Å². The molecule has 232 valence electrons. The lowest BCUT2D eigenvalue weighted by Crippen LogP contribution is -2.61. The van der Waals surface area contributed by atoms with Crippen molar-refractivity contribution in [3.8, 4) is 16.9 Å². The average Bonchev–Trinajstić information content (AvgIpc) is 2.91. The van der Waals surface area contributed by atoms with Gasteiger partial charge in [-0.1, -0.05) is 76.1 Å². The van der Waals surface area contributed by atoms with Crippen molar-refractivity contribution in [2.45, 2.75) is 93.6 Å². The number of sulfone groups is 1. The first-order chi connectivity index (χ1) is 19.0. The molecule has 0 radical (unpaired) electrons. The van der Waals surface area contributed by atoms with E-state index in [1.807, 2.05) is 0 Å². The highest BCUT2D eigenvalue weighted by molar-refractivity contribution is 7.91. The summed E-state index contributed by atoms with van der Waals surface area (Å²) in [6.07, 6.45) is -0.0971. The van der Waals surface area contributed by atoms with Crippen LogP contribution in [0.15, 0.2) is 53.4 Å². The largest absolute Gasteiger partial charge is 0.494 e. The van der Waals surface area contributed by atoms with Crippen molar-refractivity contribution in [2.24, 2.45) is 0 Å². The Morgan fingerprint density at radius 2 is 1.10 bits per heavy atom. The molecule has 0 amide bonds. The van der Waals surface area contributed by atoms with E-state index in [2.05, 4.69) is 6.92 Å². The van der Waals surface area contributed by atoms with Gasteiger partial charge in [0.25, 0.3) is 0 Å². The van der Waals surface area contributed by atoms with E-state index >= 15 is 0 Å². The molecule has 41 heavy (non-hydrogen) atoms. The van der Waals surface area contributed by atoms with Crippen LogP contribution in [0.25, 0.3) is 11.1 Å². The molecule has 0 N–H and O–H groups in total. The summed E-state index contributed by atoms with van der Waals surface area (Å²) in [6, 6.07) is 11.5. The first-order valence-electron chi connectivity index (χ1n) is 13.2. The van der Waals surface area contributed by atoms with Gasteiger partial charge < -0.3 is 4.74 Å². The molecule has 0 aromatic heterocycles. The summed E-state index contributed by atoms with van der Waals surface area (Å²) in [4.78, 5) is -0.590. The fraction of sp³-hybridized carbons (Fsp3) is 0.571. The van der Waals surface area contributed by atoms with E-state index in [9.17, 15) is 47.9 Å². The number of ether oxygens (including phenoxy) is 1. The van der Waals surface area contributed by atoms with Gasteiger partial charge >= 0.3 is 23.9 Å². The van der Waals surface area contributed by atoms with Crippen molar-refractivity contribution in [3.05, 3.63) is 48.5 Å². The maximum absolute atomic E-state index is 13.8. The van der Waals surface area contributed by atoms with Gasteiger partial charge in [-0.3, -0.25) is 0 Å². The van der Waals surface area contributed by atoms with E-state index < -0.39 is 50.9 Å². The van der Waals surface area contributed by atoms with Gasteiger partial charge in [0.05, 0.1) is 17.3 Å². The van der Waals surface area contributed by atoms with Crippen molar-refractivity contribution in [1.82, 2.24) is 0 Å². The fourth-order valence-electron chi connectivity index (χ4n) is 3.97. The molecule has 0 bridgehead atoms. The molecule has 0 atom stereocenters. The molecular weight excluding hydrogens is 587 g/mol. The summed E-state index contributed by atoms with van der Waals surface area (Å²) < 4.78 is 148. The van der Waals surface area contributed by atoms with E-state index in [4.69, 9.17) is 4.74 Å². The Morgan fingerprint density at radius 3 is 1.59 bits per heavy atom. The van der Waals surface area contributed by atoms with Crippen LogP contribution in [0, 0.1) is 0 Å². The third kappa shape index (κ3) is 9.02. The predicted molar refractivity (Wildman–Crippen MR) is 138 cm³/mol. The summed E-state index contributed by atoms with van der Waals surface area (Å²) in [5.41, 5.74) is 1.16. The molecule has 0 aliphatic carbocycles. The smallest absolute Gasteiger partial charge is 0.460 e. The molecule has 2 rings (SSSR count). The molecule has 0 unspecified atom stereocenters. The average molecular weight is 621 g/mol. The predicted octanol–water partition coefficient (Wildman–Crippen LogP) is 9.51. The van der Waals surface area contributed by atoms with Gasteiger partial charge in [0.2, 0.25) is 0 Å². The molecule has 0 saturated heterocycles. The third-order valence-electron chi connectivity index (χ3n) is 6.56. The Hall–Kier alpha value is -2.44. The van der Waals surface area contributed by atoms with Crippen LogP contribution < -0.4 is 4.74 Å². The minimum absolute atomic E-state index is 0.514. The van der Waals surface area contributed by atoms with Crippen molar-refractivity contribution in [1.29, 1.82) is 0 Å². The van der Waals surface area contributed by atoms with E-state index in [-0.39, 0.29) is 0 Å². The first-order valence-corrected chi connectivity index (χ1v) is 14.9. The maximum atomic E-state index is 13.8. The van der Waals surface area contributed by atoms with E-state index in [1.165, 1.54) is 44.2 Å². The normalized spacial score (nSPS) is 13.4. The number of unbranched alkanes of at least 4 members (excludes halogenated alkanes) is 7. The summed E-state index contributed by atoms with van der Waals surface area (Å²) in [5.74, 6) is -21.0. The van der Waals surface area contributed by atoms with E-state index in [0.29, 0.717) is 23.5 Å². The van der Waals surface area contributed by atoms with Crippen molar-refractivity contribution < 1.29 is 52.7 Å². The van der Waals surface area contributed by atoms with Crippen LogP contribution in [-0.2, 0) is 9.84 Å². The number of benzene rings is 2. The topological polar surface area (TPSA) is 43.4 Å². The molecule has 0 aliphatic heterocycles. The Bertz CT molecular complexity index is 1180. The molecule has 0 saturated carbocycles. The number of hydrogen-bond donors (Lipinski definition) is 0. The van der Waals surface area contributed by atoms with Crippen LogP contribution in [-0.4, -0.2) is 44.7 Å². The lowest BCUT2D eigenvalue weighted by atomic mass is 10.0. The van der Waals surface area contributed by atoms with E-state index in [1.54, 1.807) is 24.3 Å². The molecule has 0 aliphatic rings. The molecule has 2 aromatic rings. The number of alkyl halides is 9. The minimum Gasteiger partial charge on any atom is -0.494 e. The molecule has 0 fully saturated rings. The number of hydrogen-bond acceptors (Lipinski definition) is 3. The lowest BCUT2D eigenvalue weighted by molar-refractivity contribution is -0.396. The zero-order valence-corrected chi connectivity index (χ0v) is 23.2. The number of halogens is 9. The molecule has 2 aromatic carbocycles. The van der Waals surface area contributed by atoms with Crippen LogP contribution in [0.2, 0.25) is 0 Å². The molecule has 3 nitrogen and oxygen atoms in total. The van der Waals surface area contributed by atoms with E-state index in [0.717, 1.165) is 31.4 Å². The highest BCUT2D eigenvalue weighted by Crippen LogP contribution is 2.54. The van der Waals surface area contributed by atoms with Crippen molar-refractivity contribution in [2.75, 3.05) is 12.4 Å². The van der Waals surface area contributed by atoms with Gasteiger partial charge in [0.1, 0.15) is 5.75 Å². The third-order valence-corrected chi connectivity index (χ3v) is 8.29. The zero-order chi connectivity index (χ0) is 31.0. The summed E-state index contributed by atoms with van der Waals surface area (Å²) in [6.45, 7) is 2.73. The van der Waals surface area contributed by atoms with Crippen LogP contribution in [0.5, 0.6) is 5.75 Å². The second-order valence-corrected chi connectivity index (χ2v) is 11.9. The van der Waals surface area contributed by atoms with Gasteiger partial charge in [-0.05, 0) is 41.8 Å². The van der Waals surface area contributed by atoms with Crippen molar-refractivity contribution in [3.63, 3.8) is 0 Å². The highest BCUT2D eigenvalue weighted by Gasteiger charge is 2.81. The second-order valence-electron chi connectivity index (χ2n) is 9.79. The summed E-state index contributed by atoms with van der Waals surface area (Å²) in [7, 11) is -4.72. The van der Waals surface area contributed by atoms with Gasteiger partial charge in [-0.2, -0.15) is 39.5 Å². The SMILES string of the molecule is CCCCCCCCCCOc1ccc(-c2ccc(S(=O)(=O)CCC(F)(F)C(F)(F)C(F)(F)C(F)(F)F)cc2)cc1. The fourth-order valence-corrected chi connectivity index (χ4v) is 5.28. The van der Waals surface area contributed by atoms with Gasteiger partial charge in [0, 0.05) is 6.42 Å². The van der Waals surface area contributed by atoms with Crippen LogP contribution in [0.3, 0.4) is 0 Å². The molecule has 13 heteroatoms. The monoisotopic (exact) mass is 620 g/mol. The van der Waals surface area contributed by atoms with Gasteiger partial charge in [0.15, 0.2) is 9.84 Å². The van der Waals surface area contributed by atoms with Crippen molar-refractivity contribution >= 4 is 9.84 Å². The minimum atomic E-state index is -7.07. The van der Waals surface area contributed by atoms with Crippen LogP contribution in [0.4, 0.5) is 39.5 Å². The Kier molecular flexibility index (Phi) is 12.0. The first kappa shape index (κ1) is 34.8. The highest BCUT2D eigenvalue weighted by atomic mass is 32.2. The molecule has 0 heterocycles.